The molecular weight excluding hydrogens is 335 g/mol. The lowest BCUT2D eigenvalue weighted by atomic mass is 9.96. The minimum atomic E-state index is -0.531. The second kappa shape index (κ2) is 5.47. The fraction of sp³-hybridized carbons (Fsp3) is 0.615. The van der Waals surface area contributed by atoms with Gasteiger partial charge in [-0.3, -0.25) is 14.3 Å². The van der Waals surface area contributed by atoms with Crippen LogP contribution >= 0.6 is 9.47 Å². The molecule has 2 saturated heterocycles. The van der Waals surface area contributed by atoms with Gasteiger partial charge in [-0.25, -0.2) is 4.98 Å². The SMILES string of the molecule is CC[C@@]12CN(OC)[C@@H]([C@H](n3cnc4c(=O)[nH]c(N)nc43)O1)[C@@H]2O[PH-]. The summed E-state index contributed by atoms with van der Waals surface area (Å²) >= 11 is 0. The van der Waals surface area contributed by atoms with Crippen LogP contribution in [0.3, 0.4) is 0 Å². The fourth-order valence-electron chi connectivity index (χ4n) is 3.74. The monoisotopic (exact) mass is 353 g/mol. The van der Waals surface area contributed by atoms with E-state index < -0.39 is 11.8 Å². The van der Waals surface area contributed by atoms with E-state index in [-0.39, 0.29) is 29.2 Å². The molecule has 4 heterocycles. The molecule has 4 rings (SSSR count). The molecule has 11 heteroatoms. The first-order valence-electron chi connectivity index (χ1n) is 7.58. The number of anilines is 1. The van der Waals surface area contributed by atoms with Crippen LogP contribution in [0.25, 0.3) is 11.2 Å². The summed E-state index contributed by atoms with van der Waals surface area (Å²) in [5.41, 5.74) is 5.33. The van der Waals surface area contributed by atoms with Crippen LogP contribution in [0, 0.1) is 0 Å². The Morgan fingerprint density at radius 3 is 3.04 bits per heavy atom. The van der Waals surface area contributed by atoms with Gasteiger partial charge in [0.15, 0.2) is 17.4 Å². The number of aromatic nitrogens is 4. The maximum Gasteiger partial charge on any atom is 0.280 e. The van der Waals surface area contributed by atoms with Crippen molar-refractivity contribution in [2.24, 2.45) is 0 Å². The molecule has 130 valence electrons. The van der Waals surface area contributed by atoms with Gasteiger partial charge in [0.05, 0.1) is 26.1 Å². The predicted molar refractivity (Wildman–Crippen MR) is 86.4 cm³/mol. The lowest BCUT2D eigenvalue weighted by molar-refractivity contribution is -0.234. The molecule has 3 N–H and O–H groups in total. The fourth-order valence-corrected chi connectivity index (χ4v) is 4.09. The summed E-state index contributed by atoms with van der Waals surface area (Å²) in [4.78, 5) is 28.3. The minimum absolute atomic E-state index is 0.0270. The second-order valence-electron chi connectivity index (χ2n) is 5.99. The number of hydroxylamine groups is 2. The summed E-state index contributed by atoms with van der Waals surface area (Å²) in [6, 6.07) is -0.229. The highest BCUT2D eigenvalue weighted by atomic mass is 31.0. The van der Waals surface area contributed by atoms with E-state index in [1.165, 1.54) is 6.33 Å². The molecule has 0 amide bonds. The predicted octanol–water partition coefficient (Wildman–Crippen LogP) is 0.0680. The van der Waals surface area contributed by atoms with Gasteiger partial charge < -0.3 is 29.3 Å². The first-order valence-corrected chi connectivity index (χ1v) is 7.98. The van der Waals surface area contributed by atoms with Crippen molar-refractivity contribution >= 4 is 26.6 Å². The van der Waals surface area contributed by atoms with Gasteiger partial charge in [-0.2, -0.15) is 10.0 Å². The molecule has 0 unspecified atom stereocenters. The summed E-state index contributed by atoms with van der Waals surface area (Å²) in [6.07, 6.45) is 1.54. The van der Waals surface area contributed by atoms with E-state index in [4.69, 9.17) is 19.8 Å². The molecule has 2 fully saturated rings. The number of morpholine rings is 1. The number of H-pyrrole nitrogens is 1. The summed E-state index contributed by atoms with van der Waals surface area (Å²) < 4.78 is 13.5. The molecule has 4 atom stereocenters. The van der Waals surface area contributed by atoms with Crippen LogP contribution in [0.5, 0.6) is 0 Å². The van der Waals surface area contributed by atoms with E-state index in [2.05, 4.69) is 24.4 Å². The Hall–Kier alpha value is -1.58. The van der Waals surface area contributed by atoms with E-state index in [0.29, 0.717) is 12.2 Å². The zero-order valence-corrected chi connectivity index (χ0v) is 14.2. The van der Waals surface area contributed by atoms with Crippen LogP contribution in [0.4, 0.5) is 5.95 Å². The molecule has 0 radical (unpaired) electrons. The van der Waals surface area contributed by atoms with Gasteiger partial charge in [-0.05, 0) is 6.42 Å². The first-order chi connectivity index (χ1) is 11.5. The smallest absolute Gasteiger partial charge is 0.280 e. The minimum Gasteiger partial charge on any atom is -0.555 e. The molecule has 2 aliphatic rings. The van der Waals surface area contributed by atoms with Gasteiger partial charge >= 0.3 is 0 Å². The lowest BCUT2D eigenvalue weighted by Crippen LogP contribution is -2.45. The summed E-state index contributed by atoms with van der Waals surface area (Å²) in [7, 11) is 4.78. The third kappa shape index (κ3) is 1.98. The number of nitrogens with one attached hydrogen (secondary N) is 1. The molecule has 2 aromatic rings. The Labute approximate surface area is 139 Å². The van der Waals surface area contributed by atoms with Gasteiger partial charge in [0.25, 0.3) is 5.56 Å². The van der Waals surface area contributed by atoms with Gasteiger partial charge in [0.1, 0.15) is 11.6 Å². The van der Waals surface area contributed by atoms with Gasteiger partial charge in [-0.1, -0.05) is 6.92 Å². The van der Waals surface area contributed by atoms with Crippen molar-refractivity contribution in [1.82, 2.24) is 24.6 Å². The Morgan fingerprint density at radius 1 is 1.62 bits per heavy atom. The largest absolute Gasteiger partial charge is 0.555 e. The second-order valence-corrected chi connectivity index (χ2v) is 6.22. The molecule has 0 saturated carbocycles. The zero-order chi connectivity index (χ0) is 17.1. The Kier molecular flexibility index (Phi) is 3.63. The Balaban J connectivity index is 1.85. The van der Waals surface area contributed by atoms with Gasteiger partial charge in [-0.15, -0.1) is 0 Å². The topological polar surface area (TPSA) is 121 Å². The normalized spacial score (nSPS) is 32.9. The number of hydrogen-bond acceptors (Lipinski definition) is 8. The van der Waals surface area contributed by atoms with Crippen LogP contribution in [0.15, 0.2) is 11.1 Å². The maximum absolute atomic E-state index is 12.0. The Bertz CT molecular complexity index is 839. The number of nitrogens with two attached hydrogens (primary N) is 1. The highest BCUT2D eigenvalue weighted by Gasteiger charge is 2.63. The van der Waals surface area contributed by atoms with Crippen molar-refractivity contribution in [3.05, 3.63) is 16.7 Å². The number of nitrogens with zero attached hydrogens (tertiary/aromatic N) is 4. The number of fused-ring (bicyclic) bond motifs is 3. The average molecular weight is 353 g/mol. The average Bonchev–Trinajstić information content (AvgIpc) is 3.21. The molecule has 24 heavy (non-hydrogen) atoms. The molecule has 2 bridgehead atoms. The molecule has 0 spiro atoms. The van der Waals surface area contributed by atoms with E-state index in [9.17, 15) is 4.79 Å². The van der Waals surface area contributed by atoms with Gasteiger partial charge in [0.2, 0.25) is 5.95 Å². The van der Waals surface area contributed by atoms with E-state index in [1.54, 1.807) is 11.7 Å². The van der Waals surface area contributed by atoms with Crippen molar-refractivity contribution < 1.29 is 14.1 Å². The van der Waals surface area contributed by atoms with Crippen LogP contribution in [0.1, 0.15) is 19.6 Å². The highest BCUT2D eigenvalue weighted by Crippen LogP contribution is 2.50. The van der Waals surface area contributed by atoms with Crippen LogP contribution < -0.4 is 11.3 Å². The van der Waals surface area contributed by atoms with E-state index >= 15 is 0 Å². The number of nitrogen functional groups attached to an aromatic ring is 1. The molecule has 0 aromatic carbocycles. The van der Waals surface area contributed by atoms with Crippen LogP contribution in [-0.4, -0.2) is 56.0 Å². The van der Waals surface area contributed by atoms with Crippen LogP contribution in [0.2, 0.25) is 0 Å². The summed E-state index contributed by atoms with van der Waals surface area (Å²) in [5.74, 6) is 0.0270. The number of aromatic amines is 1. The molecule has 2 aromatic heterocycles. The van der Waals surface area contributed by atoms with Crippen molar-refractivity contribution in [1.29, 1.82) is 0 Å². The zero-order valence-electron chi connectivity index (χ0n) is 13.2. The number of imidazole rings is 1. The lowest BCUT2D eigenvalue weighted by Gasteiger charge is -2.35. The number of ether oxygens (including phenoxy) is 1. The third-order valence-corrected chi connectivity index (χ3v) is 5.17. The number of rotatable bonds is 4. The van der Waals surface area contributed by atoms with E-state index in [0.717, 1.165) is 6.42 Å². The molecule has 0 aliphatic carbocycles. The van der Waals surface area contributed by atoms with Crippen molar-refractivity contribution in [3.8, 4) is 0 Å². The maximum atomic E-state index is 12.0. The van der Waals surface area contributed by atoms with Crippen molar-refractivity contribution in [2.75, 3.05) is 19.4 Å². The van der Waals surface area contributed by atoms with E-state index in [1.807, 2.05) is 12.0 Å². The summed E-state index contributed by atoms with van der Waals surface area (Å²) in [5, 5.41) is 1.82. The van der Waals surface area contributed by atoms with Gasteiger partial charge in [0, 0.05) is 0 Å². The molecular formula is C13H18N6O4P-. The first kappa shape index (κ1) is 15.9. The molecule has 2 aliphatic heterocycles. The highest BCUT2D eigenvalue weighted by molar-refractivity contribution is 7.09. The Morgan fingerprint density at radius 2 is 2.42 bits per heavy atom. The van der Waals surface area contributed by atoms with Crippen LogP contribution in [-0.2, 0) is 14.1 Å². The van der Waals surface area contributed by atoms with Crippen molar-refractivity contribution in [3.63, 3.8) is 0 Å². The number of hydrogen-bond donors (Lipinski definition) is 2. The third-order valence-electron chi connectivity index (χ3n) is 4.92. The standard InChI is InChI=1S/C13H18N6O4P/c1-3-13-4-19(21-2)7(8(13)23-24)11(22-13)18-5-15-6-9(18)16-12(14)17-10(6)20/h5,7-8,11,24H,3-4H2,1-2H3,(H3,14,16,17,20)/q-1/t7-,8+,11-,13+/m1/s1. The molecule has 10 nitrogen and oxygen atoms in total. The van der Waals surface area contributed by atoms with Crippen molar-refractivity contribution in [2.45, 2.75) is 37.3 Å². The quantitative estimate of drug-likeness (QED) is 0.741. The summed E-state index contributed by atoms with van der Waals surface area (Å²) in [6.45, 7) is 2.61.